The Kier molecular flexibility index (Phi) is 3.27. The van der Waals surface area contributed by atoms with Gasteiger partial charge in [-0.05, 0) is 44.7 Å². The lowest BCUT2D eigenvalue weighted by Gasteiger charge is -2.45. The van der Waals surface area contributed by atoms with E-state index in [0.717, 1.165) is 24.2 Å². The van der Waals surface area contributed by atoms with Crippen molar-refractivity contribution in [3.63, 3.8) is 0 Å². The molecule has 2 unspecified atom stereocenters. The van der Waals surface area contributed by atoms with E-state index in [4.69, 9.17) is 4.74 Å². The Labute approximate surface area is 115 Å². The van der Waals surface area contributed by atoms with Gasteiger partial charge in [0.25, 0.3) is 0 Å². The largest absolute Gasteiger partial charge is 0.496 e. The molecular formula is C16H23NO2. The third kappa shape index (κ3) is 2.37. The Bertz CT molecular complexity index is 460. The Morgan fingerprint density at radius 1 is 1.26 bits per heavy atom. The highest BCUT2D eigenvalue weighted by atomic mass is 16.5. The fourth-order valence-electron chi connectivity index (χ4n) is 3.74. The summed E-state index contributed by atoms with van der Waals surface area (Å²) in [5.74, 6) is 0.813. The third-order valence-corrected chi connectivity index (χ3v) is 4.60. The van der Waals surface area contributed by atoms with E-state index < -0.39 is 5.60 Å². The number of hydrogen-bond acceptors (Lipinski definition) is 3. The zero-order chi connectivity index (χ0) is 13.5. The van der Waals surface area contributed by atoms with Crippen LogP contribution in [0.3, 0.4) is 0 Å². The Morgan fingerprint density at radius 2 is 1.95 bits per heavy atom. The molecule has 2 N–H and O–H groups in total. The molecule has 1 aromatic carbocycles. The smallest absolute Gasteiger partial charge is 0.124 e. The highest BCUT2D eigenvalue weighted by molar-refractivity contribution is 5.41. The first-order chi connectivity index (χ1) is 9.10. The average molecular weight is 261 g/mol. The van der Waals surface area contributed by atoms with Gasteiger partial charge in [0, 0.05) is 17.6 Å². The van der Waals surface area contributed by atoms with Crippen molar-refractivity contribution in [3.05, 3.63) is 29.3 Å². The van der Waals surface area contributed by atoms with Crippen molar-refractivity contribution < 1.29 is 9.84 Å². The molecule has 19 heavy (non-hydrogen) atoms. The SMILES string of the molecule is COc1ccc(C)cc1C1(O)CC2CCCC(C1)N2. The van der Waals surface area contributed by atoms with Crippen LogP contribution < -0.4 is 10.1 Å². The van der Waals surface area contributed by atoms with E-state index in [9.17, 15) is 5.11 Å². The summed E-state index contributed by atoms with van der Waals surface area (Å²) in [6.07, 6.45) is 5.22. The number of aliphatic hydroxyl groups is 1. The molecule has 2 aliphatic rings. The van der Waals surface area contributed by atoms with E-state index in [1.807, 2.05) is 12.1 Å². The number of benzene rings is 1. The standard InChI is InChI=1S/C16H23NO2/c1-11-6-7-15(19-2)14(8-11)16(18)9-12-4-3-5-13(10-16)17-12/h6-8,12-13,17-18H,3-5,9-10H2,1-2H3. The summed E-state index contributed by atoms with van der Waals surface area (Å²) in [7, 11) is 1.68. The van der Waals surface area contributed by atoms with Crippen molar-refractivity contribution in [2.75, 3.05) is 7.11 Å². The highest BCUT2D eigenvalue weighted by Crippen LogP contribution is 2.43. The van der Waals surface area contributed by atoms with Crippen molar-refractivity contribution in [1.82, 2.24) is 5.32 Å². The summed E-state index contributed by atoms with van der Waals surface area (Å²) in [5.41, 5.74) is 1.40. The molecule has 2 atom stereocenters. The molecule has 0 spiro atoms. The molecule has 0 aliphatic carbocycles. The Balaban J connectivity index is 1.97. The van der Waals surface area contributed by atoms with Crippen LogP contribution in [0, 0.1) is 6.92 Å². The van der Waals surface area contributed by atoms with Crippen molar-refractivity contribution in [3.8, 4) is 5.75 Å². The summed E-state index contributed by atoms with van der Waals surface area (Å²) in [6.45, 7) is 2.06. The lowest BCUT2D eigenvalue weighted by Crippen LogP contribution is -2.54. The number of aryl methyl sites for hydroxylation is 1. The van der Waals surface area contributed by atoms with E-state index in [1.54, 1.807) is 7.11 Å². The average Bonchev–Trinajstić information content (AvgIpc) is 2.38. The molecule has 2 heterocycles. The summed E-state index contributed by atoms with van der Waals surface area (Å²) >= 11 is 0. The molecule has 3 rings (SSSR count). The van der Waals surface area contributed by atoms with Crippen LogP contribution in [-0.2, 0) is 5.60 Å². The van der Waals surface area contributed by atoms with Crippen LogP contribution in [0.2, 0.25) is 0 Å². The third-order valence-electron chi connectivity index (χ3n) is 4.60. The van der Waals surface area contributed by atoms with Gasteiger partial charge in [-0.3, -0.25) is 0 Å². The van der Waals surface area contributed by atoms with Crippen molar-refractivity contribution >= 4 is 0 Å². The highest BCUT2D eigenvalue weighted by Gasteiger charge is 2.43. The van der Waals surface area contributed by atoms with Gasteiger partial charge < -0.3 is 15.2 Å². The molecule has 2 saturated heterocycles. The summed E-state index contributed by atoms with van der Waals surface area (Å²) < 4.78 is 5.46. The van der Waals surface area contributed by atoms with Gasteiger partial charge in [-0.25, -0.2) is 0 Å². The second-order valence-electron chi connectivity index (χ2n) is 6.13. The number of hydrogen-bond donors (Lipinski definition) is 2. The maximum absolute atomic E-state index is 11.2. The number of ether oxygens (including phenoxy) is 1. The van der Waals surface area contributed by atoms with Gasteiger partial charge in [-0.2, -0.15) is 0 Å². The van der Waals surface area contributed by atoms with E-state index in [0.29, 0.717) is 12.1 Å². The van der Waals surface area contributed by atoms with E-state index >= 15 is 0 Å². The molecule has 2 fully saturated rings. The predicted molar refractivity (Wildman–Crippen MR) is 75.4 cm³/mol. The van der Waals surface area contributed by atoms with Crippen LogP contribution in [-0.4, -0.2) is 24.3 Å². The molecule has 0 radical (unpaired) electrons. The Morgan fingerprint density at radius 3 is 2.58 bits per heavy atom. The monoisotopic (exact) mass is 261 g/mol. The second-order valence-corrected chi connectivity index (χ2v) is 6.13. The van der Waals surface area contributed by atoms with Crippen LogP contribution in [0.1, 0.15) is 43.2 Å². The number of rotatable bonds is 2. The molecule has 3 nitrogen and oxygen atoms in total. The van der Waals surface area contributed by atoms with Gasteiger partial charge in [-0.1, -0.05) is 18.1 Å². The fourth-order valence-corrected chi connectivity index (χ4v) is 3.74. The fraction of sp³-hybridized carbons (Fsp3) is 0.625. The van der Waals surface area contributed by atoms with Crippen LogP contribution in [0.15, 0.2) is 18.2 Å². The molecule has 0 saturated carbocycles. The molecule has 104 valence electrons. The molecule has 2 aliphatic heterocycles. The van der Waals surface area contributed by atoms with Gasteiger partial charge in [0.2, 0.25) is 0 Å². The zero-order valence-electron chi connectivity index (χ0n) is 11.8. The minimum Gasteiger partial charge on any atom is -0.496 e. The Hall–Kier alpha value is -1.06. The molecule has 1 aromatic rings. The first-order valence-corrected chi connectivity index (χ1v) is 7.24. The van der Waals surface area contributed by atoms with Gasteiger partial charge >= 0.3 is 0 Å². The number of nitrogens with one attached hydrogen (secondary N) is 1. The maximum atomic E-state index is 11.2. The van der Waals surface area contributed by atoms with Gasteiger partial charge in [0.05, 0.1) is 12.7 Å². The van der Waals surface area contributed by atoms with Crippen LogP contribution in [0.4, 0.5) is 0 Å². The molecule has 0 aromatic heterocycles. The van der Waals surface area contributed by atoms with Crippen LogP contribution >= 0.6 is 0 Å². The van der Waals surface area contributed by atoms with Crippen LogP contribution in [0.25, 0.3) is 0 Å². The van der Waals surface area contributed by atoms with E-state index in [-0.39, 0.29) is 0 Å². The van der Waals surface area contributed by atoms with Gasteiger partial charge in [0.1, 0.15) is 5.75 Å². The van der Waals surface area contributed by atoms with E-state index in [2.05, 4.69) is 18.3 Å². The molecule has 0 amide bonds. The maximum Gasteiger partial charge on any atom is 0.124 e. The quantitative estimate of drug-likeness (QED) is 0.859. The van der Waals surface area contributed by atoms with Crippen molar-refractivity contribution in [2.45, 2.75) is 56.7 Å². The number of fused-ring (bicyclic) bond motifs is 2. The summed E-state index contributed by atoms with van der Waals surface area (Å²) in [6, 6.07) is 6.99. The van der Waals surface area contributed by atoms with Crippen molar-refractivity contribution in [1.29, 1.82) is 0 Å². The first-order valence-electron chi connectivity index (χ1n) is 7.24. The normalized spacial score (nSPS) is 34.1. The zero-order valence-corrected chi connectivity index (χ0v) is 11.8. The lowest BCUT2D eigenvalue weighted by molar-refractivity contribution is -0.0373. The van der Waals surface area contributed by atoms with E-state index in [1.165, 1.54) is 24.8 Å². The van der Waals surface area contributed by atoms with Gasteiger partial charge in [0.15, 0.2) is 0 Å². The predicted octanol–water partition coefficient (Wildman–Crippen LogP) is 2.50. The number of piperidine rings is 2. The molecule has 2 bridgehead atoms. The number of methoxy groups -OCH3 is 1. The lowest BCUT2D eigenvalue weighted by atomic mass is 9.73. The van der Waals surface area contributed by atoms with Gasteiger partial charge in [-0.15, -0.1) is 0 Å². The topological polar surface area (TPSA) is 41.5 Å². The summed E-state index contributed by atoms with van der Waals surface area (Å²) in [5, 5.41) is 14.8. The first kappa shape index (κ1) is 12.9. The van der Waals surface area contributed by atoms with Crippen molar-refractivity contribution in [2.24, 2.45) is 0 Å². The molecule has 3 heteroatoms. The molecular weight excluding hydrogens is 238 g/mol. The summed E-state index contributed by atoms with van der Waals surface area (Å²) in [4.78, 5) is 0. The minimum atomic E-state index is -0.738. The minimum absolute atomic E-state index is 0.447. The second kappa shape index (κ2) is 4.80. The van der Waals surface area contributed by atoms with Crippen LogP contribution in [0.5, 0.6) is 5.75 Å².